The van der Waals surface area contributed by atoms with Crippen molar-refractivity contribution in [2.45, 2.75) is 78.1 Å². The maximum absolute atomic E-state index is 2.62. The molecule has 0 saturated heterocycles. The Bertz CT molecular complexity index is 4440. The molecule has 0 saturated carbocycles. The molecule has 2 aliphatic carbocycles. The number of anilines is 6. The largest absolute Gasteiger partial charge is 0.310 e. The van der Waals surface area contributed by atoms with Crippen molar-refractivity contribution in [2.24, 2.45) is 0 Å². The Labute approximate surface area is 467 Å². The fourth-order valence-electron chi connectivity index (χ4n) is 14.4. The van der Waals surface area contributed by atoms with E-state index in [4.69, 9.17) is 0 Å². The average Bonchev–Trinajstić information content (AvgIpc) is 4.09. The van der Waals surface area contributed by atoms with Crippen molar-refractivity contribution in [2.75, 3.05) is 9.80 Å². The molecule has 0 radical (unpaired) electrons. The van der Waals surface area contributed by atoms with Gasteiger partial charge >= 0.3 is 0 Å². The van der Waals surface area contributed by atoms with Gasteiger partial charge in [0.15, 0.2) is 0 Å². The van der Waals surface area contributed by atoms with Crippen LogP contribution in [0.1, 0.15) is 72.9 Å². The summed E-state index contributed by atoms with van der Waals surface area (Å²) in [6.45, 7) is 4.47. The third-order valence-electron chi connectivity index (χ3n) is 18.4. The Morgan fingerprint density at radius 1 is 0.325 bits per heavy atom. The van der Waals surface area contributed by atoms with Crippen LogP contribution in [-0.4, -0.2) is 9.13 Å². The summed E-state index contributed by atoms with van der Waals surface area (Å²) < 4.78 is 4.96. The lowest BCUT2D eigenvalue weighted by Crippen LogP contribution is -2.16. The average molecular weight is 1030 g/mol. The zero-order valence-electron chi connectivity index (χ0n) is 45.6. The third kappa shape index (κ3) is 7.27. The smallest absolute Gasteiger partial charge is 0.0561 e. The van der Waals surface area contributed by atoms with Gasteiger partial charge < -0.3 is 18.9 Å². The molecule has 2 aromatic heterocycles. The molecule has 12 aromatic carbocycles. The van der Waals surface area contributed by atoms with E-state index in [0.29, 0.717) is 0 Å². The Kier molecular flexibility index (Phi) is 11.0. The summed E-state index contributed by atoms with van der Waals surface area (Å²) in [5, 5.41) is 12.7. The minimum Gasteiger partial charge on any atom is -0.310 e. The molecule has 4 heteroatoms. The SMILES string of the molecule is CCc1ccc(-n2c3ccccc3c3ccc(N(c4cccc5c4CCCC5)c4ccc5ccc6c(N(c7ccc8c9ccccc9n(-c9ccc(CC)cc9)c8c7)c7cccc8c7CCCC8)ccc7ccc4c5c76)cc32)cc1. The molecule has 4 nitrogen and oxygen atoms in total. The van der Waals surface area contributed by atoms with Gasteiger partial charge in [0.05, 0.1) is 33.4 Å². The highest BCUT2D eigenvalue weighted by atomic mass is 15.2. The number of para-hydroxylation sites is 2. The maximum Gasteiger partial charge on any atom is 0.0561 e. The summed E-state index contributed by atoms with van der Waals surface area (Å²) in [7, 11) is 0. The molecule has 0 atom stereocenters. The highest BCUT2D eigenvalue weighted by Gasteiger charge is 2.28. The minimum atomic E-state index is 1.01. The Morgan fingerprint density at radius 2 is 0.725 bits per heavy atom. The Morgan fingerprint density at radius 3 is 1.18 bits per heavy atom. The number of hydrogen-bond acceptors (Lipinski definition) is 2. The van der Waals surface area contributed by atoms with Crippen LogP contribution in [0, 0.1) is 0 Å². The molecule has 386 valence electrons. The third-order valence-corrected chi connectivity index (χ3v) is 18.4. The number of benzene rings is 12. The van der Waals surface area contributed by atoms with Gasteiger partial charge in [0.2, 0.25) is 0 Å². The first-order valence-electron chi connectivity index (χ1n) is 29.4. The van der Waals surface area contributed by atoms with Crippen LogP contribution in [0.25, 0.3) is 87.3 Å². The molecule has 80 heavy (non-hydrogen) atoms. The monoisotopic (exact) mass is 1030 g/mol. The molecular weight excluding hydrogens is 969 g/mol. The van der Waals surface area contributed by atoms with Gasteiger partial charge in [-0.25, -0.2) is 0 Å². The van der Waals surface area contributed by atoms with Gasteiger partial charge in [0.1, 0.15) is 0 Å². The minimum absolute atomic E-state index is 1.01. The van der Waals surface area contributed by atoms with Crippen molar-refractivity contribution < 1.29 is 0 Å². The topological polar surface area (TPSA) is 16.3 Å². The molecule has 14 aromatic rings. The summed E-state index contributed by atoms with van der Waals surface area (Å²) >= 11 is 0. The van der Waals surface area contributed by atoms with Gasteiger partial charge in [0, 0.05) is 66.4 Å². The number of fused-ring (bicyclic) bond motifs is 8. The Balaban J connectivity index is 0.936. The predicted molar refractivity (Wildman–Crippen MR) is 340 cm³/mol. The summed E-state index contributed by atoms with van der Waals surface area (Å²) in [4.78, 5) is 5.23. The van der Waals surface area contributed by atoms with E-state index in [9.17, 15) is 0 Å². The number of aromatic nitrogens is 2. The van der Waals surface area contributed by atoms with E-state index in [1.54, 1.807) is 0 Å². The van der Waals surface area contributed by atoms with Crippen LogP contribution in [-0.2, 0) is 38.5 Å². The molecule has 0 unspecified atom stereocenters. The fraction of sp³-hybridized carbons (Fsp3) is 0.158. The zero-order valence-corrected chi connectivity index (χ0v) is 45.6. The normalized spacial score (nSPS) is 13.6. The highest BCUT2D eigenvalue weighted by molar-refractivity contribution is 6.28. The lowest BCUT2D eigenvalue weighted by Gasteiger charge is -2.33. The van der Waals surface area contributed by atoms with E-state index in [-0.39, 0.29) is 0 Å². The summed E-state index contributed by atoms with van der Waals surface area (Å²) in [5.74, 6) is 0. The summed E-state index contributed by atoms with van der Waals surface area (Å²) in [5.41, 5.74) is 23.1. The van der Waals surface area contributed by atoms with E-state index < -0.39 is 0 Å². The number of nitrogens with zero attached hydrogens (tertiary/aromatic N) is 4. The molecule has 0 spiro atoms. The second-order valence-electron chi connectivity index (χ2n) is 22.7. The first-order chi connectivity index (χ1) is 39.6. The molecular formula is C76H62N4. The molecule has 0 amide bonds. The first-order valence-corrected chi connectivity index (χ1v) is 29.4. The molecule has 0 bridgehead atoms. The first kappa shape index (κ1) is 46.9. The number of hydrogen-bond donors (Lipinski definition) is 0. The van der Waals surface area contributed by atoms with E-state index in [1.807, 2.05) is 0 Å². The standard InChI is InChI=1S/C76H62N4/c1-3-49-27-35-55(36-28-49)77-69-23-11-9-21-61(69)63-43-39-57(47-73(63)77)79(67-25-13-17-51-15-5-7-19-59(51)67)71-45-33-53-32-42-66-72(46-34-54-31-41-65(71)75(53)76(54)66)80(68-26-14-18-52-16-6-8-20-60(52)68)58-40-44-64-62-22-10-12-24-70(62)78(74(64)48-58)56-37-29-50(4-2)30-38-56/h9-14,17-18,21-48H,3-8,15-16,19-20H2,1-2H3. The number of rotatable bonds is 10. The van der Waals surface area contributed by atoms with Crippen LogP contribution in [0.2, 0.25) is 0 Å². The molecule has 0 N–H and O–H groups in total. The molecule has 16 rings (SSSR count). The van der Waals surface area contributed by atoms with Crippen LogP contribution in [0.4, 0.5) is 34.1 Å². The van der Waals surface area contributed by atoms with Gasteiger partial charge in [-0.2, -0.15) is 0 Å². The second kappa shape index (κ2) is 18.8. The zero-order chi connectivity index (χ0) is 53.0. The summed E-state index contributed by atoms with van der Waals surface area (Å²) in [6.07, 6.45) is 11.2. The van der Waals surface area contributed by atoms with Gasteiger partial charge in [0.25, 0.3) is 0 Å². The van der Waals surface area contributed by atoms with Crippen molar-refractivity contribution in [3.63, 3.8) is 0 Å². The molecule has 0 fully saturated rings. The maximum atomic E-state index is 2.62. The lowest BCUT2D eigenvalue weighted by molar-refractivity contribution is 0.686. The van der Waals surface area contributed by atoms with Crippen LogP contribution in [0.3, 0.4) is 0 Å². The van der Waals surface area contributed by atoms with Crippen molar-refractivity contribution >= 4 is 110 Å². The van der Waals surface area contributed by atoms with Crippen molar-refractivity contribution in [3.8, 4) is 11.4 Å². The number of aryl methyl sites for hydroxylation is 4. The molecule has 2 aliphatic rings. The van der Waals surface area contributed by atoms with Gasteiger partial charge in [-0.1, -0.05) is 147 Å². The van der Waals surface area contributed by atoms with Gasteiger partial charge in [-0.05, 0) is 204 Å². The van der Waals surface area contributed by atoms with E-state index >= 15 is 0 Å². The lowest BCUT2D eigenvalue weighted by atomic mass is 9.88. The fourth-order valence-corrected chi connectivity index (χ4v) is 14.4. The molecule has 0 aliphatic heterocycles. The van der Waals surface area contributed by atoms with Crippen LogP contribution in [0.15, 0.2) is 218 Å². The highest BCUT2D eigenvalue weighted by Crippen LogP contribution is 2.51. The van der Waals surface area contributed by atoms with Crippen LogP contribution >= 0.6 is 0 Å². The van der Waals surface area contributed by atoms with Gasteiger partial charge in [-0.15, -0.1) is 0 Å². The van der Waals surface area contributed by atoms with E-state index in [2.05, 4.69) is 251 Å². The van der Waals surface area contributed by atoms with Crippen LogP contribution < -0.4 is 9.80 Å². The molecule has 2 heterocycles. The summed E-state index contributed by atoms with van der Waals surface area (Å²) in [6, 6.07) is 84.0. The predicted octanol–water partition coefficient (Wildman–Crippen LogP) is 20.6. The van der Waals surface area contributed by atoms with E-state index in [0.717, 1.165) is 49.9 Å². The van der Waals surface area contributed by atoms with Crippen LogP contribution in [0.5, 0.6) is 0 Å². The van der Waals surface area contributed by atoms with Crippen molar-refractivity contribution in [3.05, 3.63) is 252 Å². The quantitative estimate of drug-likeness (QED) is 0.127. The van der Waals surface area contributed by atoms with Gasteiger partial charge in [-0.3, -0.25) is 0 Å². The van der Waals surface area contributed by atoms with E-state index in [1.165, 1.54) is 169 Å². The van der Waals surface area contributed by atoms with Crippen molar-refractivity contribution in [1.82, 2.24) is 9.13 Å². The second-order valence-corrected chi connectivity index (χ2v) is 22.7. The Hall–Kier alpha value is -9.12. The van der Waals surface area contributed by atoms with Crippen molar-refractivity contribution in [1.29, 1.82) is 0 Å².